The van der Waals surface area contributed by atoms with E-state index < -0.39 is 0 Å². The van der Waals surface area contributed by atoms with E-state index in [1.807, 2.05) is 11.0 Å². The maximum absolute atomic E-state index is 13.9. The van der Waals surface area contributed by atoms with Crippen LogP contribution in [0.25, 0.3) is 0 Å². The summed E-state index contributed by atoms with van der Waals surface area (Å²) in [6.07, 6.45) is 0. The number of hydrogen-bond acceptors (Lipinski definition) is 3. The van der Waals surface area contributed by atoms with Crippen LogP contribution in [-0.4, -0.2) is 42.9 Å². The summed E-state index contributed by atoms with van der Waals surface area (Å²) in [5.41, 5.74) is 1.70. The van der Waals surface area contributed by atoms with Gasteiger partial charge in [-0.1, -0.05) is 18.2 Å². The number of nitrogens with zero attached hydrogens (tertiary/aromatic N) is 2. The summed E-state index contributed by atoms with van der Waals surface area (Å²) in [5, 5.41) is 2.68. The van der Waals surface area contributed by atoms with E-state index >= 15 is 0 Å². The lowest BCUT2D eigenvalue weighted by Gasteiger charge is -2.36. The van der Waals surface area contributed by atoms with E-state index in [0.29, 0.717) is 43.1 Å². The molecular formula is C19H20FN3O2. The van der Waals surface area contributed by atoms with Crippen LogP contribution in [0.4, 0.5) is 15.8 Å². The normalized spacial score (nSPS) is 14.3. The smallest absolute Gasteiger partial charge is 0.254 e. The number of anilines is 2. The number of piperazine rings is 1. The minimum Gasteiger partial charge on any atom is -0.366 e. The number of hydrogen-bond donors (Lipinski definition) is 1. The highest BCUT2D eigenvalue weighted by Gasteiger charge is 2.23. The summed E-state index contributed by atoms with van der Waals surface area (Å²) in [4.78, 5) is 27.5. The quantitative estimate of drug-likeness (QED) is 0.934. The molecule has 6 heteroatoms. The molecule has 0 spiro atoms. The Morgan fingerprint density at radius 1 is 1.00 bits per heavy atom. The Morgan fingerprint density at radius 2 is 1.72 bits per heavy atom. The van der Waals surface area contributed by atoms with Gasteiger partial charge in [0.2, 0.25) is 5.91 Å². The molecule has 2 amide bonds. The van der Waals surface area contributed by atoms with Gasteiger partial charge in [-0.15, -0.1) is 0 Å². The van der Waals surface area contributed by atoms with Crippen LogP contribution < -0.4 is 10.2 Å². The Morgan fingerprint density at radius 3 is 2.40 bits per heavy atom. The van der Waals surface area contributed by atoms with Gasteiger partial charge in [-0.3, -0.25) is 9.59 Å². The molecule has 0 aromatic heterocycles. The molecule has 0 saturated carbocycles. The van der Waals surface area contributed by atoms with Gasteiger partial charge in [-0.05, 0) is 30.3 Å². The number of carbonyl (C=O) groups is 2. The second-order valence-corrected chi connectivity index (χ2v) is 5.99. The van der Waals surface area contributed by atoms with Gasteiger partial charge in [-0.2, -0.15) is 0 Å². The third-order valence-corrected chi connectivity index (χ3v) is 4.19. The summed E-state index contributed by atoms with van der Waals surface area (Å²) in [6.45, 7) is 3.64. The van der Waals surface area contributed by atoms with Crippen LogP contribution in [0.2, 0.25) is 0 Å². The van der Waals surface area contributed by atoms with E-state index in [9.17, 15) is 14.0 Å². The maximum atomic E-state index is 13.9. The molecule has 25 heavy (non-hydrogen) atoms. The molecule has 1 heterocycles. The van der Waals surface area contributed by atoms with Gasteiger partial charge in [-0.25, -0.2) is 4.39 Å². The van der Waals surface area contributed by atoms with Crippen molar-refractivity contribution in [3.8, 4) is 0 Å². The highest BCUT2D eigenvalue weighted by Crippen LogP contribution is 2.21. The first-order chi connectivity index (χ1) is 12.0. The number of para-hydroxylation sites is 1. The lowest BCUT2D eigenvalue weighted by atomic mass is 10.1. The number of benzene rings is 2. The zero-order chi connectivity index (χ0) is 17.8. The number of nitrogens with one attached hydrogen (secondary N) is 1. The minimum absolute atomic E-state index is 0.0830. The molecule has 1 fully saturated rings. The molecule has 0 radical (unpaired) electrons. The highest BCUT2D eigenvalue weighted by molar-refractivity contribution is 5.97. The standard InChI is InChI=1S/C19H20FN3O2/c1-14(24)21-16-6-4-5-15(13-16)19(25)23-11-9-22(10-12-23)18-8-3-2-7-17(18)20/h2-8,13H,9-12H2,1H3,(H,21,24). The van der Waals surface area contributed by atoms with Crippen LogP contribution in [0.15, 0.2) is 48.5 Å². The van der Waals surface area contributed by atoms with Crippen molar-refractivity contribution in [2.24, 2.45) is 0 Å². The Bertz CT molecular complexity index is 786. The van der Waals surface area contributed by atoms with Crippen molar-refractivity contribution >= 4 is 23.2 Å². The zero-order valence-corrected chi connectivity index (χ0v) is 14.0. The maximum Gasteiger partial charge on any atom is 0.254 e. The van der Waals surface area contributed by atoms with Crippen LogP contribution in [0, 0.1) is 5.82 Å². The van der Waals surface area contributed by atoms with Gasteiger partial charge in [0.25, 0.3) is 5.91 Å². The summed E-state index contributed by atoms with van der Waals surface area (Å²) in [6, 6.07) is 13.6. The first-order valence-electron chi connectivity index (χ1n) is 8.21. The van der Waals surface area contributed by atoms with Crippen molar-refractivity contribution in [2.75, 3.05) is 36.4 Å². The van der Waals surface area contributed by atoms with Crippen molar-refractivity contribution < 1.29 is 14.0 Å². The van der Waals surface area contributed by atoms with E-state index in [4.69, 9.17) is 0 Å². The molecule has 0 aliphatic carbocycles. The highest BCUT2D eigenvalue weighted by atomic mass is 19.1. The average molecular weight is 341 g/mol. The average Bonchev–Trinajstić information content (AvgIpc) is 2.61. The van der Waals surface area contributed by atoms with E-state index in [1.165, 1.54) is 13.0 Å². The minimum atomic E-state index is -0.245. The number of rotatable bonds is 3. The fourth-order valence-electron chi connectivity index (χ4n) is 2.97. The molecule has 2 aromatic rings. The largest absolute Gasteiger partial charge is 0.366 e. The molecule has 1 saturated heterocycles. The van der Waals surface area contributed by atoms with E-state index in [1.54, 1.807) is 41.3 Å². The van der Waals surface area contributed by atoms with Crippen LogP contribution in [0.3, 0.4) is 0 Å². The summed E-state index contributed by atoms with van der Waals surface area (Å²) in [7, 11) is 0. The topological polar surface area (TPSA) is 52.7 Å². The lowest BCUT2D eigenvalue weighted by molar-refractivity contribution is -0.114. The van der Waals surface area contributed by atoms with Gasteiger partial charge >= 0.3 is 0 Å². The fourth-order valence-corrected chi connectivity index (χ4v) is 2.97. The van der Waals surface area contributed by atoms with Crippen LogP contribution in [-0.2, 0) is 4.79 Å². The zero-order valence-electron chi connectivity index (χ0n) is 14.0. The molecular weight excluding hydrogens is 321 g/mol. The summed E-state index contributed by atoms with van der Waals surface area (Å²) in [5.74, 6) is -0.506. The van der Waals surface area contributed by atoms with Gasteiger partial charge in [0.15, 0.2) is 0 Å². The Kier molecular flexibility index (Phi) is 4.97. The second-order valence-electron chi connectivity index (χ2n) is 5.99. The molecule has 130 valence electrons. The predicted molar refractivity (Wildman–Crippen MR) is 95.3 cm³/mol. The molecule has 3 rings (SSSR count). The Balaban J connectivity index is 1.66. The first-order valence-corrected chi connectivity index (χ1v) is 8.21. The van der Waals surface area contributed by atoms with Crippen molar-refractivity contribution in [1.29, 1.82) is 0 Å². The molecule has 2 aromatic carbocycles. The van der Waals surface area contributed by atoms with Crippen molar-refractivity contribution in [2.45, 2.75) is 6.92 Å². The molecule has 0 bridgehead atoms. The Labute approximate surface area is 146 Å². The lowest BCUT2D eigenvalue weighted by Crippen LogP contribution is -2.49. The van der Waals surface area contributed by atoms with Crippen LogP contribution >= 0.6 is 0 Å². The number of halogens is 1. The van der Waals surface area contributed by atoms with Gasteiger partial charge in [0, 0.05) is 44.4 Å². The molecule has 0 atom stereocenters. The monoisotopic (exact) mass is 341 g/mol. The third-order valence-electron chi connectivity index (χ3n) is 4.19. The fraction of sp³-hybridized carbons (Fsp3) is 0.263. The second kappa shape index (κ2) is 7.34. The first kappa shape index (κ1) is 17.0. The van der Waals surface area contributed by atoms with E-state index in [-0.39, 0.29) is 17.6 Å². The number of carbonyl (C=O) groups excluding carboxylic acids is 2. The molecule has 1 aliphatic heterocycles. The van der Waals surface area contributed by atoms with Crippen molar-refractivity contribution in [3.63, 3.8) is 0 Å². The number of amides is 2. The molecule has 5 nitrogen and oxygen atoms in total. The van der Waals surface area contributed by atoms with Crippen molar-refractivity contribution in [1.82, 2.24) is 4.90 Å². The summed E-state index contributed by atoms with van der Waals surface area (Å²) < 4.78 is 13.9. The Hall–Kier alpha value is -2.89. The molecule has 1 N–H and O–H groups in total. The van der Waals surface area contributed by atoms with Crippen molar-refractivity contribution in [3.05, 3.63) is 59.9 Å². The molecule has 0 unspecified atom stereocenters. The van der Waals surface area contributed by atoms with Crippen LogP contribution in [0.5, 0.6) is 0 Å². The van der Waals surface area contributed by atoms with E-state index in [0.717, 1.165) is 0 Å². The van der Waals surface area contributed by atoms with Gasteiger partial charge < -0.3 is 15.1 Å². The van der Waals surface area contributed by atoms with E-state index in [2.05, 4.69) is 5.32 Å². The van der Waals surface area contributed by atoms with Crippen LogP contribution in [0.1, 0.15) is 17.3 Å². The van der Waals surface area contributed by atoms with Gasteiger partial charge in [0.05, 0.1) is 5.69 Å². The summed E-state index contributed by atoms with van der Waals surface area (Å²) >= 11 is 0. The third kappa shape index (κ3) is 3.96. The predicted octanol–water partition coefficient (Wildman–Crippen LogP) is 2.75. The SMILES string of the molecule is CC(=O)Nc1cccc(C(=O)N2CCN(c3ccccc3F)CC2)c1. The molecule has 1 aliphatic rings. The van der Waals surface area contributed by atoms with Gasteiger partial charge in [0.1, 0.15) is 5.82 Å².